The van der Waals surface area contributed by atoms with Crippen molar-refractivity contribution in [2.75, 3.05) is 37.6 Å². The van der Waals surface area contributed by atoms with Gasteiger partial charge in [0.2, 0.25) is 5.95 Å². The monoisotopic (exact) mass is 557 g/mol. The average molecular weight is 557 g/mol. The van der Waals surface area contributed by atoms with E-state index < -0.39 is 41.9 Å². The van der Waals surface area contributed by atoms with Crippen molar-refractivity contribution in [3.8, 4) is 0 Å². The molecular weight excluding hydrogens is 532 g/mol. The SMILES string of the molecule is Cc1c(C(=O)N2CCN(c3ncc(C(F)(F)F)cn3)CC2)ccn1C[C@H](C)NC1=C(C(F)(F)F)C(=O)CN=C1. The summed E-state index contributed by atoms with van der Waals surface area (Å²) in [7, 11) is 0. The molecule has 4 rings (SSSR count). The first-order valence-electron chi connectivity index (χ1n) is 12.0. The first-order valence-corrected chi connectivity index (χ1v) is 12.0. The van der Waals surface area contributed by atoms with Crippen LogP contribution in [-0.4, -0.2) is 82.3 Å². The van der Waals surface area contributed by atoms with Crippen LogP contribution in [0.2, 0.25) is 0 Å². The maximum absolute atomic E-state index is 13.4. The number of Topliss-reactive ketones (excluding diaryl/α,β-unsaturated/α-hetero) is 1. The molecule has 210 valence electrons. The van der Waals surface area contributed by atoms with E-state index in [1.54, 1.807) is 40.5 Å². The molecule has 2 aromatic rings. The van der Waals surface area contributed by atoms with Gasteiger partial charge in [0, 0.05) is 69.3 Å². The number of rotatable bonds is 6. The topological polar surface area (TPSA) is 95.7 Å². The quantitative estimate of drug-likeness (QED) is 0.549. The molecule has 0 aromatic carbocycles. The van der Waals surface area contributed by atoms with Gasteiger partial charge in [0.1, 0.15) is 12.1 Å². The third kappa shape index (κ3) is 6.23. The van der Waals surface area contributed by atoms with Gasteiger partial charge in [-0.05, 0) is 19.9 Å². The summed E-state index contributed by atoms with van der Waals surface area (Å²) >= 11 is 0. The lowest BCUT2D eigenvalue weighted by atomic mass is 10.1. The number of dihydropyridines is 1. The summed E-state index contributed by atoms with van der Waals surface area (Å²) in [5.74, 6) is -1.20. The van der Waals surface area contributed by atoms with Crippen LogP contribution in [0.3, 0.4) is 0 Å². The molecule has 0 aliphatic carbocycles. The van der Waals surface area contributed by atoms with Crippen LogP contribution in [0.15, 0.2) is 40.9 Å². The molecule has 1 N–H and O–H groups in total. The Morgan fingerprint density at radius 3 is 2.28 bits per heavy atom. The van der Waals surface area contributed by atoms with Crippen molar-refractivity contribution >= 4 is 23.9 Å². The van der Waals surface area contributed by atoms with Gasteiger partial charge in [0.05, 0.1) is 16.8 Å². The van der Waals surface area contributed by atoms with E-state index in [0.717, 1.165) is 18.6 Å². The first kappa shape index (κ1) is 28.1. The molecule has 0 radical (unpaired) electrons. The minimum atomic E-state index is -4.81. The molecule has 0 spiro atoms. The van der Waals surface area contributed by atoms with Crippen molar-refractivity contribution in [3.63, 3.8) is 0 Å². The van der Waals surface area contributed by atoms with Crippen LogP contribution in [0.25, 0.3) is 0 Å². The number of halogens is 6. The molecule has 0 saturated carbocycles. The normalized spacial score (nSPS) is 17.6. The number of piperazine rings is 1. The predicted octanol–water partition coefficient (Wildman–Crippen LogP) is 3.02. The van der Waals surface area contributed by atoms with Crippen LogP contribution in [0.1, 0.15) is 28.5 Å². The molecule has 1 amide bonds. The number of carbonyl (C=O) groups excluding carboxylic acids is 2. The fourth-order valence-corrected chi connectivity index (χ4v) is 4.43. The van der Waals surface area contributed by atoms with Crippen LogP contribution in [0, 0.1) is 6.92 Å². The molecular formula is C24H25F6N7O2. The van der Waals surface area contributed by atoms with Crippen molar-refractivity contribution in [3.05, 3.63) is 52.7 Å². The summed E-state index contributed by atoms with van der Waals surface area (Å²) in [4.78, 5) is 39.5. The fourth-order valence-electron chi connectivity index (χ4n) is 4.43. The van der Waals surface area contributed by atoms with Gasteiger partial charge >= 0.3 is 12.4 Å². The molecule has 4 heterocycles. The number of nitrogens with one attached hydrogen (secondary N) is 1. The smallest absolute Gasteiger partial charge is 0.379 e. The molecule has 1 fully saturated rings. The second-order valence-corrected chi connectivity index (χ2v) is 9.24. The number of hydrogen-bond donors (Lipinski definition) is 1. The standard InChI is InChI=1S/C24H25F6N7O2/c1-14(34-18-11-31-12-19(38)20(18)24(28,29)30)13-37-4-3-17(15(37)2)21(39)35-5-7-36(8-6-35)22-32-9-16(10-33-22)23(25,26)27/h3-4,9-11,14,34H,5-8,12-13H2,1-2H3/t14-/m0/s1. The first-order chi connectivity index (χ1) is 18.3. The molecule has 15 heteroatoms. The minimum Gasteiger partial charge on any atom is -0.379 e. The third-order valence-electron chi connectivity index (χ3n) is 6.45. The second kappa shape index (κ2) is 10.7. The molecule has 0 bridgehead atoms. The highest BCUT2D eigenvalue weighted by Gasteiger charge is 2.42. The van der Waals surface area contributed by atoms with E-state index in [1.807, 2.05) is 0 Å². The Bertz CT molecular complexity index is 1290. The zero-order valence-corrected chi connectivity index (χ0v) is 21.0. The van der Waals surface area contributed by atoms with Gasteiger partial charge in [-0.3, -0.25) is 14.6 Å². The van der Waals surface area contributed by atoms with E-state index >= 15 is 0 Å². The zero-order valence-electron chi connectivity index (χ0n) is 21.0. The van der Waals surface area contributed by atoms with Gasteiger partial charge in [-0.25, -0.2) is 9.97 Å². The summed E-state index contributed by atoms with van der Waals surface area (Å²) in [6.07, 6.45) is -5.22. The number of aliphatic imine (C=N–C) groups is 1. The summed E-state index contributed by atoms with van der Waals surface area (Å²) < 4.78 is 80.0. The number of anilines is 1. The molecule has 9 nitrogen and oxygen atoms in total. The van der Waals surface area contributed by atoms with E-state index in [0.29, 0.717) is 37.4 Å². The minimum absolute atomic E-state index is 0.146. The van der Waals surface area contributed by atoms with Crippen molar-refractivity contribution in [1.82, 2.24) is 24.8 Å². The lowest BCUT2D eigenvalue weighted by molar-refractivity contribution is -0.138. The Balaban J connectivity index is 1.37. The number of allylic oxidation sites excluding steroid dienone is 1. The third-order valence-corrected chi connectivity index (χ3v) is 6.45. The van der Waals surface area contributed by atoms with Crippen molar-refractivity contribution in [2.24, 2.45) is 4.99 Å². The van der Waals surface area contributed by atoms with Crippen molar-refractivity contribution in [1.29, 1.82) is 0 Å². The van der Waals surface area contributed by atoms with Crippen molar-refractivity contribution < 1.29 is 35.9 Å². The van der Waals surface area contributed by atoms with Crippen molar-refractivity contribution in [2.45, 2.75) is 38.8 Å². The number of carbonyl (C=O) groups is 2. The molecule has 2 aliphatic rings. The summed E-state index contributed by atoms with van der Waals surface area (Å²) in [5, 5.41) is 2.71. The number of aromatic nitrogens is 3. The van der Waals surface area contributed by atoms with Gasteiger partial charge in [-0.1, -0.05) is 0 Å². The molecule has 0 unspecified atom stereocenters. The summed E-state index contributed by atoms with van der Waals surface area (Å²) in [5.41, 5.74) is -1.55. The lowest BCUT2D eigenvalue weighted by Crippen LogP contribution is -2.49. The van der Waals surface area contributed by atoms with Crippen LogP contribution in [0.5, 0.6) is 0 Å². The van der Waals surface area contributed by atoms with E-state index in [1.165, 1.54) is 0 Å². The number of ketones is 1. The number of nitrogens with zero attached hydrogens (tertiary/aromatic N) is 6. The summed E-state index contributed by atoms with van der Waals surface area (Å²) in [6.45, 7) is 4.29. The molecule has 1 saturated heterocycles. The van der Waals surface area contributed by atoms with Gasteiger partial charge in [-0.15, -0.1) is 0 Å². The van der Waals surface area contributed by atoms with Crippen LogP contribution in [0.4, 0.5) is 32.3 Å². The average Bonchev–Trinajstić information content (AvgIpc) is 3.22. The maximum Gasteiger partial charge on any atom is 0.421 e. The lowest BCUT2D eigenvalue weighted by Gasteiger charge is -2.34. The van der Waals surface area contributed by atoms with Gasteiger partial charge in [0.15, 0.2) is 5.78 Å². The number of alkyl halides is 6. The van der Waals surface area contributed by atoms with Gasteiger partial charge in [0.25, 0.3) is 5.91 Å². The molecule has 1 atom stereocenters. The second-order valence-electron chi connectivity index (χ2n) is 9.24. The van der Waals surface area contributed by atoms with Crippen LogP contribution < -0.4 is 10.2 Å². The molecule has 39 heavy (non-hydrogen) atoms. The van der Waals surface area contributed by atoms with E-state index in [-0.39, 0.29) is 24.1 Å². The van der Waals surface area contributed by atoms with E-state index in [2.05, 4.69) is 20.3 Å². The largest absolute Gasteiger partial charge is 0.421 e. The fraction of sp³-hybridized carbons (Fsp3) is 0.458. The highest BCUT2D eigenvalue weighted by atomic mass is 19.4. The predicted molar refractivity (Wildman–Crippen MR) is 128 cm³/mol. The van der Waals surface area contributed by atoms with E-state index in [9.17, 15) is 35.9 Å². The molecule has 2 aromatic heterocycles. The zero-order chi connectivity index (χ0) is 28.5. The van der Waals surface area contributed by atoms with Crippen LogP contribution in [-0.2, 0) is 17.5 Å². The highest BCUT2D eigenvalue weighted by Crippen LogP contribution is 2.30. The Labute approximate surface area is 219 Å². The molecule has 2 aliphatic heterocycles. The Hall–Kier alpha value is -3.91. The maximum atomic E-state index is 13.4. The Morgan fingerprint density at radius 1 is 1.05 bits per heavy atom. The highest BCUT2D eigenvalue weighted by molar-refractivity contribution is 6.06. The van der Waals surface area contributed by atoms with E-state index in [4.69, 9.17) is 0 Å². The van der Waals surface area contributed by atoms with Gasteiger partial charge in [-0.2, -0.15) is 26.3 Å². The summed E-state index contributed by atoms with van der Waals surface area (Å²) in [6, 6.07) is 1.10. The Morgan fingerprint density at radius 2 is 1.69 bits per heavy atom. The number of amides is 1. The van der Waals surface area contributed by atoms with Crippen LogP contribution >= 0.6 is 0 Å². The van der Waals surface area contributed by atoms with Gasteiger partial charge < -0.3 is 19.7 Å². The number of hydrogen-bond acceptors (Lipinski definition) is 7. The Kier molecular flexibility index (Phi) is 7.70.